The molecule has 1 saturated heterocycles. The summed E-state index contributed by atoms with van der Waals surface area (Å²) in [5.74, 6) is 1.83. The predicted octanol–water partition coefficient (Wildman–Crippen LogP) is 4.47. The minimum absolute atomic E-state index is 0.0775. The zero-order valence-electron chi connectivity index (χ0n) is 18.8. The molecule has 0 radical (unpaired) electrons. The number of rotatable bonds is 8. The molecule has 28 heavy (non-hydrogen) atoms. The van der Waals surface area contributed by atoms with E-state index in [-0.39, 0.29) is 23.4 Å². The van der Waals surface area contributed by atoms with E-state index in [1.165, 1.54) is 24.9 Å². The first kappa shape index (κ1) is 24.0. The third-order valence-electron chi connectivity index (χ3n) is 6.37. The molecule has 5 nitrogen and oxygen atoms in total. The molecule has 2 rings (SSSR count). The molecule has 1 N–H and O–H groups in total. The van der Waals surface area contributed by atoms with Crippen LogP contribution in [0.2, 0.25) is 0 Å². The summed E-state index contributed by atoms with van der Waals surface area (Å²) in [6.07, 6.45) is 9.17. The Bertz CT molecular complexity index is 473. The molecule has 2 atom stereocenters. The SMILES string of the molecule is CSOCN[C@H]1CCCN(C(=O)C(C)(C)C)[C@H]1CO[C@H]1CC[C@@H](C(C)C)CC1. The van der Waals surface area contributed by atoms with Gasteiger partial charge in [-0.25, -0.2) is 0 Å². The van der Waals surface area contributed by atoms with Crippen molar-refractivity contribution >= 4 is 17.9 Å². The van der Waals surface area contributed by atoms with Gasteiger partial charge >= 0.3 is 0 Å². The van der Waals surface area contributed by atoms with E-state index in [9.17, 15) is 4.79 Å². The van der Waals surface area contributed by atoms with Gasteiger partial charge in [-0.1, -0.05) is 34.6 Å². The van der Waals surface area contributed by atoms with Gasteiger partial charge in [0.1, 0.15) is 6.73 Å². The lowest BCUT2D eigenvalue weighted by atomic mass is 9.80. The molecule has 0 aromatic heterocycles. The first-order chi connectivity index (χ1) is 13.2. The largest absolute Gasteiger partial charge is 0.376 e. The summed E-state index contributed by atoms with van der Waals surface area (Å²) in [7, 11) is 0. The fourth-order valence-corrected chi connectivity index (χ4v) is 4.73. The van der Waals surface area contributed by atoms with Gasteiger partial charge in [-0.05, 0) is 62.4 Å². The average Bonchev–Trinajstić information content (AvgIpc) is 2.66. The third kappa shape index (κ3) is 6.89. The lowest BCUT2D eigenvalue weighted by Crippen LogP contribution is -2.60. The minimum Gasteiger partial charge on any atom is -0.376 e. The lowest BCUT2D eigenvalue weighted by Gasteiger charge is -2.44. The molecule has 2 aliphatic rings. The van der Waals surface area contributed by atoms with E-state index < -0.39 is 0 Å². The molecule has 1 aliphatic heterocycles. The van der Waals surface area contributed by atoms with Crippen molar-refractivity contribution in [3.05, 3.63) is 0 Å². The summed E-state index contributed by atoms with van der Waals surface area (Å²) in [6, 6.07) is 0.299. The summed E-state index contributed by atoms with van der Waals surface area (Å²) in [6.45, 7) is 12.6. The van der Waals surface area contributed by atoms with Crippen LogP contribution in [0.3, 0.4) is 0 Å². The van der Waals surface area contributed by atoms with Gasteiger partial charge in [0.2, 0.25) is 5.91 Å². The number of carbonyl (C=O) groups is 1. The fraction of sp³-hybridized carbons (Fsp3) is 0.955. The Morgan fingerprint density at radius 2 is 1.86 bits per heavy atom. The van der Waals surface area contributed by atoms with E-state index in [1.54, 1.807) is 0 Å². The second-order valence-electron chi connectivity index (χ2n) is 9.81. The summed E-state index contributed by atoms with van der Waals surface area (Å²) >= 11 is 1.37. The lowest BCUT2D eigenvalue weighted by molar-refractivity contribution is -0.147. The molecule has 0 aromatic rings. The standard InChI is InChI=1S/C22H42N2O3S/c1-16(2)17-9-11-18(12-10-17)26-14-20-19(23-15-27-28-6)8-7-13-24(20)21(25)22(3,4)5/h16-20,23H,7-15H2,1-6H3/t17-,18+,19-,20-/m0/s1. The van der Waals surface area contributed by atoms with Gasteiger partial charge < -0.3 is 13.8 Å². The van der Waals surface area contributed by atoms with Gasteiger partial charge in [-0.15, -0.1) is 0 Å². The molecule has 1 heterocycles. The highest BCUT2D eigenvalue weighted by Gasteiger charge is 2.39. The molecule has 0 unspecified atom stereocenters. The molecule has 6 heteroatoms. The Labute approximate surface area is 176 Å². The van der Waals surface area contributed by atoms with Gasteiger partial charge in [0, 0.05) is 24.3 Å². The van der Waals surface area contributed by atoms with Crippen LogP contribution in [0.1, 0.15) is 73.1 Å². The minimum atomic E-state index is -0.370. The average molecular weight is 415 g/mol. The highest BCUT2D eigenvalue weighted by Crippen LogP contribution is 2.32. The summed E-state index contributed by atoms with van der Waals surface area (Å²) < 4.78 is 11.8. The Morgan fingerprint density at radius 1 is 1.18 bits per heavy atom. The second kappa shape index (κ2) is 11.2. The number of piperidine rings is 1. The number of carbonyl (C=O) groups excluding carboxylic acids is 1. The Balaban J connectivity index is 1.98. The zero-order valence-corrected chi connectivity index (χ0v) is 19.6. The van der Waals surface area contributed by atoms with Crippen LogP contribution in [0.15, 0.2) is 0 Å². The van der Waals surface area contributed by atoms with Gasteiger partial charge in [-0.3, -0.25) is 10.1 Å². The normalized spacial score (nSPS) is 29.3. The third-order valence-corrected chi connectivity index (χ3v) is 6.72. The fourth-order valence-electron chi connectivity index (χ4n) is 4.54. The first-order valence-electron chi connectivity index (χ1n) is 11.1. The Kier molecular flexibility index (Phi) is 9.58. The highest BCUT2D eigenvalue weighted by atomic mass is 32.2. The van der Waals surface area contributed by atoms with Crippen molar-refractivity contribution in [2.75, 3.05) is 26.1 Å². The summed E-state index contributed by atoms with van der Waals surface area (Å²) in [4.78, 5) is 15.2. The second-order valence-corrected chi connectivity index (χ2v) is 10.4. The van der Waals surface area contributed by atoms with Crippen molar-refractivity contribution in [1.29, 1.82) is 0 Å². The monoisotopic (exact) mass is 414 g/mol. The molecule has 1 amide bonds. The van der Waals surface area contributed by atoms with Crippen molar-refractivity contribution in [3.8, 4) is 0 Å². The number of hydrogen-bond acceptors (Lipinski definition) is 5. The van der Waals surface area contributed by atoms with Crippen molar-refractivity contribution < 1.29 is 13.7 Å². The van der Waals surface area contributed by atoms with E-state index in [4.69, 9.17) is 8.92 Å². The van der Waals surface area contributed by atoms with Gasteiger partial charge in [0.05, 0.1) is 18.8 Å². The van der Waals surface area contributed by atoms with Crippen LogP contribution < -0.4 is 5.32 Å². The van der Waals surface area contributed by atoms with E-state index in [2.05, 4.69) is 24.1 Å². The molecule has 164 valence electrons. The highest BCUT2D eigenvalue weighted by molar-refractivity contribution is 7.93. The van der Waals surface area contributed by atoms with Crippen LogP contribution in [-0.2, 0) is 13.7 Å². The number of nitrogens with zero attached hydrogens (tertiary/aromatic N) is 1. The maximum atomic E-state index is 13.1. The Hall–Kier alpha value is -0.300. The first-order valence-corrected chi connectivity index (χ1v) is 12.2. The quantitative estimate of drug-likeness (QED) is 0.361. The van der Waals surface area contributed by atoms with Crippen LogP contribution in [0.4, 0.5) is 0 Å². The van der Waals surface area contributed by atoms with Gasteiger partial charge in [-0.2, -0.15) is 0 Å². The topological polar surface area (TPSA) is 50.8 Å². The van der Waals surface area contributed by atoms with Crippen molar-refractivity contribution in [2.45, 2.75) is 91.3 Å². The van der Waals surface area contributed by atoms with Crippen molar-refractivity contribution in [2.24, 2.45) is 17.3 Å². The van der Waals surface area contributed by atoms with Crippen LogP contribution in [0, 0.1) is 17.3 Å². The van der Waals surface area contributed by atoms with Crippen LogP contribution in [0.5, 0.6) is 0 Å². The van der Waals surface area contributed by atoms with E-state index in [0.29, 0.717) is 19.4 Å². The molecular formula is C22H42N2O3S. The molecule has 0 aromatic carbocycles. The maximum absolute atomic E-state index is 13.1. The molecule has 0 bridgehead atoms. The van der Waals surface area contributed by atoms with Crippen LogP contribution in [0.25, 0.3) is 0 Å². The number of amides is 1. The summed E-state index contributed by atoms with van der Waals surface area (Å²) in [5.41, 5.74) is -0.370. The van der Waals surface area contributed by atoms with Crippen molar-refractivity contribution in [3.63, 3.8) is 0 Å². The summed E-state index contributed by atoms with van der Waals surface area (Å²) in [5, 5.41) is 3.50. The number of ether oxygens (including phenoxy) is 1. The van der Waals surface area contributed by atoms with Crippen LogP contribution in [-0.4, -0.2) is 55.1 Å². The van der Waals surface area contributed by atoms with Gasteiger partial charge in [0.25, 0.3) is 0 Å². The molecule has 0 spiro atoms. The predicted molar refractivity (Wildman–Crippen MR) is 117 cm³/mol. The molecule has 2 fully saturated rings. The Morgan fingerprint density at radius 3 is 2.43 bits per heavy atom. The van der Waals surface area contributed by atoms with E-state index >= 15 is 0 Å². The van der Waals surface area contributed by atoms with E-state index in [1.807, 2.05) is 27.0 Å². The van der Waals surface area contributed by atoms with Crippen molar-refractivity contribution in [1.82, 2.24) is 10.2 Å². The maximum Gasteiger partial charge on any atom is 0.228 e. The number of nitrogens with one attached hydrogen (secondary N) is 1. The van der Waals surface area contributed by atoms with E-state index in [0.717, 1.165) is 44.1 Å². The number of hydrogen-bond donors (Lipinski definition) is 1. The molecule has 1 saturated carbocycles. The molecular weight excluding hydrogens is 372 g/mol. The van der Waals surface area contributed by atoms with Gasteiger partial charge in [0.15, 0.2) is 0 Å². The van der Waals surface area contributed by atoms with Crippen LogP contribution >= 0.6 is 12.0 Å². The zero-order chi connectivity index (χ0) is 20.7. The molecule has 1 aliphatic carbocycles. The number of likely N-dealkylation sites (tertiary alicyclic amines) is 1. The smallest absolute Gasteiger partial charge is 0.228 e.